The Kier molecular flexibility index (Phi) is 2.80. The summed E-state index contributed by atoms with van der Waals surface area (Å²) in [5.74, 6) is 2.24. The minimum Gasteiger partial charge on any atom is -0.341 e. The quantitative estimate of drug-likeness (QED) is 0.616. The second kappa shape index (κ2) is 3.70. The van der Waals surface area contributed by atoms with Crippen molar-refractivity contribution in [2.45, 2.75) is 25.8 Å². The highest BCUT2D eigenvalue weighted by atomic mass is 16.2. The summed E-state index contributed by atoms with van der Waals surface area (Å²) < 4.78 is 0. The van der Waals surface area contributed by atoms with Gasteiger partial charge in [-0.2, -0.15) is 0 Å². The van der Waals surface area contributed by atoms with Crippen LogP contribution in [-0.2, 0) is 9.59 Å². The average molecular weight is 194 g/mol. The van der Waals surface area contributed by atoms with Gasteiger partial charge >= 0.3 is 0 Å². The lowest BCUT2D eigenvalue weighted by Crippen LogP contribution is -2.63. The summed E-state index contributed by atoms with van der Waals surface area (Å²) in [6.07, 6.45) is 5.59. The molecule has 14 heavy (non-hydrogen) atoms. The molecule has 0 aliphatic carbocycles. The molecule has 0 aromatic carbocycles. The monoisotopic (exact) mass is 194 g/mol. The summed E-state index contributed by atoms with van der Waals surface area (Å²) in [4.78, 5) is 24.5. The van der Waals surface area contributed by atoms with Gasteiger partial charge in [-0.25, -0.2) is 0 Å². The fraction of sp³-hybridized carbons (Fsp3) is 0.600. The Bertz CT molecular complexity index is 302. The van der Waals surface area contributed by atoms with Crippen LogP contribution in [0.5, 0.6) is 0 Å². The van der Waals surface area contributed by atoms with Crippen LogP contribution in [-0.4, -0.2) is 35.3 Å². The molecule has 1 heterocycles. The van der Waals surface area contributed by atoms with E-state index in [1.54, 1.807) is 13.8 Å². The predicted molar refractivity (Wildman–Crippen MR) is 52.3 cm³/mol. The number of carbonyl (C=O) groups excluding carboxylic acids is 2. The maximum atomic E-state index is 11.7. The molecule has 1 fully saturated rings. The van der Waals surface area contributed by atoms with Gasteiger partial charge in [-0.05, 0) is 13.8 Å². The number of nitrogens with zero attached hydrogens (tertiary/aromatic N) is 1. The molecule has 0 unspecified atom stereocenters. The molecule has 2 amide bonds. The van der Waals surface area contributed by atoms with Crippen LogP contribution in [0, 0.1) is 12.3 Å². The Balaban J connectivity index is 2.72. The van der Waals surface area contributed by atoms with Crippen molar-refractivity contribution >= 4 is 11.8 Å². The Labute approximate surface area is 83.6 Å². The zero-order valence-corrected chi connectivity index (χ0v) is 8.46. The molecule has 1 aliphatic heterocycles. The van der Waals surface area contributed by atoms with E-state index in [4.69, 9.17) is 6.42 Å². The first kappa shape index (κ1) is 10.6. The molecule has 1 N–H and O–H groups in total. The van der Waals surface area contributed by atoms with Crippen molar-refractivity contribution in [3.8, 4) is 12.3 Å². The van der Waals surface area contributed by atoms with E-state index >= 15 is 0 Å². The number of carbonyl (C=O) groups is 2. The Morgan fingerprint density at radius 2 is 2.21 bits per heavy atom. The number of hydrogen-bond donors (Lipinski definition) is 1. The number of amides is 2. The van der Waals surface area contributed by atoms with Crippen LogP contribution in [0.25, 0.3) is 0 Å². The van der Waals surface area contributed by atoms with Gasteiger partial charge in [0.15, 0.2) is 0 Å². The maximum absolute atomic E-state index is 11.7. The third kappa shape index (κ3) is 2.05. The van der Waals surface area contributed by atoms with E-state index in [9.17, 15) is 9.59 Å². The molecule has 1 rings (SSSR count). The molecule has 0 spiro atoms. The zero-order chi connectivity index (χ0) is 10.8. The van der Waals surface area contributed by atoms with E-state index in [1.165, 1.54) is 4.90 Å². The largest absolute Gasteiger partial charge is 0.341 e. The van der Waals surface area contributed by atoms with Crippen molar-refractivity contribution < 1.29 is 9.59 Å². The summed E-state index contributed by atoms with van der Waals surface area (Å²) in [6.45, 7) is 3.95. The zero-order valence-electron chi connectivity index (χ0n) is 8.46. The molecular formula is C10H14N2O2. The molecule has 1 aliphatic rings. The standard InChI is InChI=1S/C10H14N2O2/c1-4-5-6-12-7-8(13)11-10(2,3)9(12)14/h1H,5-7H2,2-3H3,(H,11,13). The molecule has 0 aromatic rings. The summed E-state index contributed by atoms with van der Waals surface area (Å²) in [5, 5.41) is 2.63. The van der Waals surface area contributed by atoms with Crippen LogP contribution < -0.4 is 5.32 Å². The fourth-order valence-corrected chi connectivity index (χ4v) is 1.46. The first-order chi connectivity index (χ1) is 6.47. The van der Waals surface area contributed by atoms with Gasteiger partial charge in [-0.1, -0.05) is 0 Å². The summed E-state index contributed by atoms with van der Waals surface area (Å²) in [5.41, 5.74) is -0.802. The molecule has 1 saturated heterocycles. The highest BCUT2D eigenvalue weighted by Gasteiger charge is 2.38. The van der Waals surface area contributed by atoms with Gasteiger partial charge in [0.25, 0.3) is 0 Å². The fourth-order valence-electron chi connectivity index (χ4n) is 1.46. The molecule has 4 nitrogen and oxygen atoms in total. The van der Waals surface area contributed by atoms with Crippen molar-refractivity contribution in [1.82, 2.24) is 10.2 Å². The first-order valence-electron chi connectivity index (χ1n) is 4.51. The number of hydrogen-bond acceptors (Lipinski definition) is 2. The normalized spacial score (nSPS) is 20.2. The van der Waals surface area contributed by atoms with Gasteiger partial charge in [0, 0.05) is 13.0 Å². The maximum Gasteiger partial charge on any atom is 0.248 e. The van der Waals surface area contributed by atoms with Crippen molar-refractivity contribution in [2.24, 2.45) is 0 Å². The Morgan fingerprint density at radius 3 is 2.79 bits per heavy atom. The van der Waals surface area contributed by atoms with E-state index < -0.39 is 5.54 Å². The van der Waals surface area contributed by atoms with E-state index in [1.807, 2.05) is 0 Å². The molecule has 0 bridgehead atoms. The van der Waals surface area contributed by atoms with Crippen LogP contribution in [0.4, 0.5) is 0 Å². The lowest BCUT2D eigenvalue weighted by molar-refractivity contribution is -0.148. The average Bonchev–Trinajstić information content (AvgIpc) is 2.08. The SMILES string of the molecule is C#CCCN1CC(=O)NC(C)(C)C1=O. The highest BCUT2D eigenvalue weighted by Crippen LogP contribution is 2.12. The first-order valence-corrected chi connectivity index (χ1v) is 4.51. The lowest BCUT2D eigenvalue weighted by atomic mass is 10.0. The van der Waals surface area contributed by atoms with E-state index in [0.29, 0.717) is 13.0 Å². The summed E-state index contributed by atoms with van der Waals surface area (Å²) in [6, 6.07) is 0. The van der Waals surface area contributed by atoms with E-state index in [2.05, 4.69) is 11.2 Å². The minimum atomic E-state index is -0.802. The topological polar surface area (TPSA) is 49.4 Å². The summed E-state index contributed by atoms with van der Waals surface area (Å²) >= 11 is 0. The van der Waals surface area contributed by atoms with Crippen LogP contribution in [0.2, 0.25) is 0 Å². The van der Waals surface area contributed by atoms with Gasteiger partial charge in [-0.3, -0.25) is 9.59 Å². The van der Waals surface area contributed by atoms with E-state index in [0.717, 1.165) is 0 Å². The summed E-state index contributed by atoms with van der Waals surface area (Å²) in [7, 11) is 0. The third-order valence-electron chi connectivity index (χ3n) is 2.13. The Hall–Kier alpha value is -1.50. The van der Waals surface area contributed by atoms with Gasteiger partial charge in [-0.15, -0.1) is 12.3 Å². The molecule has 0 atom stereocenters. The number of terminal acetylenes is 1. The number of nitrogens with one attached hydrogen (secondary N) is 1. The second-order valence-corrected chi connectivity index (χ2v) is 3.85. The molecule has 0 radical (unpaired) electrons. The van der Waals surface area contributed by atoms with E-state index in [-0.39, 0.29) is 18.4 Å². The second-order valence-electron chi connectivity index (χ2n) is 3.85. The van der Waals surface area contributed by atoms with Crippen LogP contribution in [0.3, 0.4) is 0 Å². The minimum absolute atomic E-state index is 0.0765. The molecular weight excluding hydrogens is 180 g/mol. The molecule has 76 valence electrons. The predicted octanol–water partition coefficient (Wildman–Crippen LogP) is -0.253. The smallest absolute Gasteiger partial charge is 0.248 e. The van der Waals surface area contributed by atoms with Crippen LogP contribution in [0.1, 0.15) is 20.3 Å². The van der Waals surface area contributed by atoms with Crippen molar-refractivity contribution in [1.29, 1.82) is 0 Å². The number of piperazine rings is 1. The molecule has 0 saturated carbocycles. The van der Waals surface area contributed by atoms with Gasteiger partial charge in [0.1, 0.15) is 5.54 Å². The van der Waals surface area contributed by atoms with Gasteiger partial charge in [0.05, 0.1) is 6.54 Å². The van der Waals surface area contributed by atoms with Crippen LogP contribution >= 0.6 is 0 Å². The molecule has 0 aromatic heterocycles. The van der Waals surface area contributed by atoms with Crippen molar-refractivity contribution in [3.63, 3.8) is 0 Å². The van der Waals surface area contributed by atoms with Crippen LogP contribution in [0.15, 0.2) is 0 Å². The number of rotatable bonds is 2. The van der Waals surface area contributed by atoms with Crippen molar-refractivity contribution in [3.05, 3.63) is 0 Å². The van der Waals surface area contributed by atoms with Gasteiger partial charge in [0.2, 0.25) is 11.8 Å². The molecule has 4 heteroatoms. The third-order valence-corrected chi connectivity index (χ3v) is 2.13. The van der Waals surface area contributed by atoms with Crippen molar-refractivity contribution in [2.75, 3.05) is 13.1 Å². The Morgan fingerprint density at radius 1 is 1.57 bits per heavy atom. The lowest BCUT2D eigenvalue weighted by Gasteiger charge is -2.37. The van der Waals surface area contributed by atoms with Gasteiger partial charge < -0.3 is 10.2 Å². The highest BCUT2D eigenvalue weighted by molar-refractivity contribution is 5.97.